The zero-order chi connectivity index (χ0) is 19.9. The standard InChI is InChI=1S/C21H31FN2O4/c1-2-9-23-21(26)10-17-7-8-19-20(28-17)14-27-13-16(25)12-24(19)11-15-5-3-4-6-18(15)22/h3-6,16-17,19-20,25H,2,7-14H2,1H3,(H,23,26)/t16-,17+,19-,20+/m0/s1. The van der Waals surface area contributed by atoms with Crippen LogP contribution >= 0.6 is 0 Å². The minimum absolute atomic E-state index is 0.00991. The Labute approximate surface area is 166 Å². The molecule has 3 rings (SSSR count). The van der Waals surface area contributed by atoms with Crippen LogP contribution in [0.2, 0.25) is 0 Å². The largest absolute Gasteiger partial charge is 0.389 e. The molecule has 2 fully saturated rings. The number of fused-ring (bicyclic) bond motifs is 1. The van der Waals surface area contributed by atoms with Crippen LogP contribution in [0, 0.1) is 5.82 Å². The molecule has 0 radical (unpaired) electrons. The lowest BCUT2D eigenvalue weighted by Crippen LogP contribution is -2.55. The summed E-state index contributed by atoms with van der Waals surface area (Å²) in [6.45, 7) is 4.10. The molecule has 6 nitrogen and oxygen atoms in total. The summed E-state index contributed by atoms with van der Waals surface area (Å²) < 4.78 is 26.0. The molecule has 1 aromatic rings. The second-order valence-electron chi connectivity index (χ2n) is 7.71. The van der Waals surface area contributed by atoms with Crippen LogP contribution in [0.4, 0.5) is 4.39 Å². The second-order valence-corrected chi connectivity index (χ2v) is 7.71. The van der Waals surface area contributed by atoms with Gasteiger partial charge in [-0.05, 0) is 25.3 Å². The lowest BCUT2D eigenvalue weighted by atomic mass is 9.94. The molecule has 0 aliphatic carbocycles. The van der Waals surface area contributed by atoms with Gasteiger partial charge in [0.05, 0.1) is 37.9 Å². The average molecular weight is 394 g/mol. The van der Waals surface area contributed by atoms with Gasteiger partial charge in [0.25, 0.3) is 0 Å². The van der Waals surface area contributed by atoms with E-state index in [2.05, 4.69) is 10.2 Å². The zero-order valence-corrected chi connectivity index (χ0v) is 16.5. The molecule has 2 heterocycles. The number of β-amino-alcohol motifs (C(OH)–C–C–N with tert-alkyl or cyclic N) is 1. The van der Waals surface area contributed by atoms with Crippen LogP contribution in [0.1, 0.15) is 38.2 Å². The molecular formula is C21H31FN2O4. The molecule has 28 heavy (non-hydrogen) atoms. The summed E-state index contributed by atoms with van der Waals surface area (Å²) in [6.07, 6.45) is 1.87. The highest BCUT2D eigenvalue weighted by Gasteiger charge is 2.38. The maximum atomic E-state index is 14.2. The first-order valence-electron chi connectivity index (χ1n) is 10.2. The van der Waals surface area contributed by atoms with Gasteiger partial charge in [0.15, 0.2) is 0 Å². The Kier molecular flexibility index (Phi) is 7.79. The molecule has 2 saturated heterocycles. The molecule has 0 bridgehead atoms. The Morgan fingerprint density at radius 2 is 2.14 bits per heavy atom. The van der Waals surface area contributed by atoms with Crippen molar-refractivity contribution < 1.29 is 23.8 Å². The monoisotopic (exact) mass is 394 g/mol. The van der Waals surface area contributed by atoms with Crippen LogP contribution in [-0.2, 0) is 20.8 Å². The van der Waals surface area contributed by atoms with Crippen LogP contribution in [0.15, 0.2) is 24.3 Å². The van der Waals surface area contributed by atoms with Gasteiger partial charge in [-0.2, -0.15) is 0 Å². The number of rotatable bonds is 6. The van der Waals surface area contributed by atoms with Gasteiger partial charge in [-0.15, -0.1) is 0 Å². The van der Waals surface area contributed by atoms with Crippen LogP contribution in [0.25, 0.3) is 0 Å². The van der Waals surface area contributed by atoms with Crippen molar-refractivity contribution in [1.82, 2.24) is 10.2 Å². The quantitative estimate of drug-likeness (QED) is 0.771. The Morgan fingerprint density at radius 1 is 1.32 bits per heavy atom. The van der Waals surface area contributed by atoms with E-state index in [1.54, 1.807) is 12.1 Å². The third-order valence-electron chi connectivity index (χ3n) is 5.40. The lowest BCUT2D eigenvalue weighted by molar-refractivity contribution is -0.158. The van der Waals surface area contributed by atoms with E-state index >= 15 is 0 Å². The summed E-state index contributed by atoms with van der Waals surface area (Å²) in [5.41, 5.74) is 0.607. The topological polar surface area (TPSA) is 71.0 Å². The summed E-state index contributed by atoms with van der Waals surface area (Å²) in [5.74, 6) is -0.232. The molecule has 0 aromatic heterocycles. The molecule has 7 heteroatoms. The predicted molar refractivity (Wildman–Crippen MR) is 103 cm³/mol. The minimum atomic E-state index is -0.620. The number of aliphatic hydroxyl groups is 1. The molecule has 2 aliphatic heterocycles. The third kappa shape index (κ3) is 5.73. The van der Waals surface area contributed by atoms with Crippen molar-refractivity contribution >= 4 is 5.91 Å². The number of hydrogen-bond acceptors (Lipinski definition) is 5. The van der Waals surface area contributed by atoms with Crippen molar-refractivity contribution in [1.29, 1.82) is 0 Å². The van der Waals surface area contributed by atoms with Crippen molar-refractivity contribution in [3.8, 4) is 0 Å². The molecule has 0 spiro atoms. The molecule has 4 atom stereocenters. The van der Waals surface area contributed by atoms with Crippen molar-refractivity contribution in [2.75, 3.05) is 26.3 Å². The van der Waals surface area contributed by atoms with E-state index in [1.165, 1.54) is 6.07 Å². The zero-order valence-electron chi connectivity index (χ0n) is 16.5. The fourth-order valence-corrected chi connectivity index (χ4v) is 4.02. The highest BCUT2D eigenvalue weighted by Crippen LogP contribution is 2.29. The molecule has 156 valence electrons. The van der Waals surface area contributed by atoms with Crippen LogP contribution in [0.3, 0.4) is 0 Å². The number of carbonyl (C=O) groups excluding carboxylic acids is 1. The molecule has 2 N–H and O–H groups in total. The number of amides is 1. The molecule has 1 aromatic carbocycles. The van der Waals surface area contributed by atoms with E-state index in [4.69, 9.17) is 9.47 Å². The average Bonchev–Trinajstić information content (AvgIpc) is 2.66. The Morgan fingerprint density at radius 3 is 2.93 bits per heavy atom. The van der Waals surface area contributed by atoms with Gasteiger partial charge in [0, 0.05) is 31.2 Å². The maximum Gasteiger partial charge on any atom is 0.222 e. The van der Waals surface area contributed by atoms with E-state index in [9.17, 15) is 14.3 Å². The number of nitrogens with zero attached hydrogens (tertiary/aromatic N) is 1. The van der Waals surface area contributed by atoms with E-state index in [0.717, 1.165) is 19.3 Å². The number of hydrogen-bond donors (Lipinski definition) is 2. The normalized spacial score (nSPS) is 28.8. The molecule has 0 unspecified atom stereocenters. The first-order valence-corrected chi connectivity index (χ1v) is 10.2. The Balaban J connectivity index is 1.66. The number of ether oxygens (including phenoxy) is 2. The smallest absolute Gasteiger partial charge is 0.222 e. The number of benzene rings is 1. The SMILES string of the molecule is CCCNC(=O)C[C@H]1CC[C@H]2[C@@H](COC[C@@H](O)CN2Cc2ccccc2F)O1. The molecule has 0 saturated carbocycles. The Bertz CT molecular complexity index is 645. The molecule has 1 amide bonds. The summed E-state index contributed by atoms with van der Waals surface area (Å²) in [6, 6.07) is 6.75. The van der Waals surface area contributed by atoms with Gasteiger partial charge in [-0.1, -0.05) is 25.1 Å². The highest BCUT2D eigenvalue weighted by molar-refractivity contribution is 5.76. The first-order chi connectivity index (χ1) is 13.6. The number of carbonyl (C=O) groups is 1. The fraction of sp³-hybridized carbons (Fsp3) is 0.667. The maximum absolute atomic E-state index is 14.2. The van der Waals surface area contributed by atoms with Gasteiger partial charge in [-0.25, -0.2) is 4.39 Å². The summed E-state index contributed by atoms with van der Waals surface area (Å²) in [7, 11) is 0. The van der Waals surface area contributed by atoms with Crippen LogP contribution in [0.5, 0.6) is 0 Å². The number of nitrogens with one attached hydrogen (secondary N) is 1. The van der Waals surface area contributed by atoms with Gasteiger partial charge in [-0.3, -0.25) is 9.69 Å². The van der Waals surface area contributed by atoms with E-state index < -0.39 is 6.10 Å². The Hall–Kier alpha value is -1.54. The lowest BCUT2D eigenvalue weighted by Gasteiger charge is -2.44. The van der Waals surface area contributed by atoms with Crippen molar-refractivity contribution in [3.63, 3.8) is 0 Å². The van der Waals surface area contributed by atoms with E-state index in [0.29, 0.717) is 38.2 Å². The van der Waals surface area contributed by atoms with Gasteiger partial charge >= 0.3 is 0 Å². The van der Waals surface area contributed by atoms with Crippen molar-refractivity contribution in [2.24, 2.45) is 0 Å². The van der Waals surface area contributed by atoms with Gasteiger partial charge in [0.2, 0.25) is 5.91 Å². The predicted octanol–water partition coefficient (Wildman–Crippen LogP) is 1.85. The third-order valence-corrected chi connectivity index (χ3v) is 5.40. The van der Waals surface area contributed by atoms with E-state index in [-0.39, 0.29) is 36.6 Å². The first kappa shape index (κ1) is 21.2. The van der Waals surface area contributed by atoms with Crippen molar-refractivity contribution in [2.45, 2.75) is 63.5 Å². The fourth-order valence-electron chi connectivity index (χ4n) is 4.02. The molecular weight excluding hydrogens is 363 g/mol. The summed E-state index contributed by atoms with van der Waals surface area (Å²) in [5, 5.41) is 13.1. The van der Waals surface area contributed by atoms with Crippen LogP contribution < -0.4 is 5.32 Å². The molecule has 2 aliphatic rings. The number of halogens is 1. The summed E-state index contributed by atoms with van der Waals surface area (Å²) in [4.78, 5) is 14.1. The van der Waals surface area contributed by atoms with E-state index in [1.807, 2.05) is 13.0 Å². The highest BCUT2D eigenvalue weighted by atomic mass is 19.1. The summed E-state index contributed by atoms with van der Waals surface area (Å²) >= 11 is 0. The number of aliphatic hydroxyl groups excluding tert-OH is 1. The van der Waals surface area contributed by atoms with Crippen LogP contribution in [-0.4, -0.2) is 66.6 Å². The second kappa shape index (κ2) is 10.3. The van der Waals surface area contributed by atoms with Crippen molar-refractivity contribution in [3.05, 3.63) is 35.6 Å². The van der Waals surface area contributed by atoms with Gasteiger partial charge < -0.3 is 19.9 Å². The van der Waals surface area contributed by atoms with Gasteiger partial charge in [0.1, 0.15) is 5.82 Å². The minimum Gasteiger partial charge on any atom is -0.389 e.